The highest BCUT2D eigenvalue weighted by Crippen LogP contribution is 2.25. The summed E-state index contributed by atoms with van der Waals surface area (Å²) in [6, 6.07) is 14.1. The van der Waals surface area contributed by atoms with E-state index < -0.39 is 0 Å². The number of methoxy groups -OCH3 is 1. The van der Waals surface area contributed by atoms with Crippen molar-refractivity contribution in [1.29, 1.82) is 0 Å². The SMILES string of the molecule is COc1cc(C(=O)COc2ccccc2)ccc1Cl. The maximum atomic E-state index is 12.0. The lowest BCUT2D eigenvalue weighted by Crippen LogP contribution is -2.11. The van der Waals surface area contributed by atoms with E-state index in [0.29, 0.717) is 22.1 Å². The number of benzene rings is 2. The summed E-state index contributed by atoms with van der Waals surface area (Å²) in [6.45, 7) is -0.0190. The lowest BCUT2D eigenvalue weighted by Gasteiger charge is -2.07. The molecule has 2 rings (SSSR count). The number of carbonyl (C=O) groups is 1. The highest BCUT2D eigenvalue weighted by molar-refractivity contribution is 6.32. The van der Waals surface area contributed by atoms with E-state index in [-0.39, 0.29) is 12.4 Å². The third kappa shape index (κ3) is 3.48. The Balaban J connectivity index is 2.04. The molecule has 0 aliphatic heterocycles. The Hall–Kier alpha value is -2.00. The maximum absolute atomic E-state index is 12.0. The molecule has 0 aromatic heterocycles. The second-order valence-electron chi connectivity index (χ2n) is 3.87. The molecule has 0 spiro atoms. The average molecular weight is 277 g/mol. The molecule has 0 unspecified atom stereocenters. The number of hydrogen-bond acceptors (Lipinski definition) is 3. The van der Waals surface area contributed by atoms with Crippen LogP contribution >= 0.6 is 11.6 Å². The first-order valence-electron chi connectivity index (χ1n) is 5.75. The monoisotopic (exact) mass is 276 g/mol. The first kappa shape index (κ1) is 13.4. The fourth-order valence-electron chi connectivity index (χ4n) is 1.58. The molecule has 0 bridgehead atoms. The van der Waals surface area contributed by atoms with Crippen LogP contribution in [0.2, 0.25) is 5.02 Å². The Morgan fingerprint density at radius 3 is 2.58 bits per heavy atom. The van der Waals surface area contributed by atoms with Crippen molar-refractivity contribution in [1.82, 2.24) is 0 Å². The Kier molecular flexibility index (Phi) is 4.42. The smallest absolute Gasteiger partial charge is 0.200 e. The van der Waals surface area contributed by atoms with Gasteiger partial charge in [-0.05, 0) is 30.3 Å². The second-order valence-corrected chi connectivity index (χ2v) is 4.28. The molecule has 0 aliphatic rings. The summed E-state index contributed by atoms with van der Waals surface area (Å²) in [5.41, 5.74) is 0.511. The van der Waals surface area contributed by atoms with Crippen LogP contribution in [0.5, 0.6) is 11.5 Å². The van der Waals surface area contributed by atoms with Crippen LogP contribution < -0.4 is 9.47 Å². The Labute approximate surface area is 116 Å². The van der Waals surface area contributed by atoms with E-state index in [4.69, 9.17) is 21.1 Å². The molecule has 0 N–H and O–H groups in total. The van der Waals surface area contributed by atoms with Crippen LogP contribution in [-0.2, 0) is 0 Å². The number of ether oxygens (including phenoxy) is 2. The van der Waals surface area contributed by atoms with Gasteiger partial charge in [-0.2, -0.15) is 0 Å². The van der Waals surface area contributed by atoms with E-state index in [1.54, 1.807) is 30.3 Å². The van der Waals surface area contributed by atoms with E-state index in [2.05, 4.69) is 0 Å². The van der Waals surface area contributed by atoms with Crippen LogP contribution in [0.4, 0.5) is 0 Å². The Bertz CT molecular complexity index is 567. The summed E-state index contributed by atoms with van der Waals surface area (Å²) in [5, 5.41) is 0.475. The second kappa shape index (κ2) is 6.25. The van der Waals surface area contributed by atoms with Gasteiger partial charge in [-0.15, -0.1) is 0 Å². The van der Waals surface area contributed by atoms with Gasteiger partial charge in [0.15, 0.2) is 12.4 Å². The number of halogens is 1. The topological polar surface area (TPSA) is 35.5 Å². The Morgan fingerprint density at radius 2 is 1.89 bits per heavy atom. The Morgan fingerprint density at radius 1 is 1.16 bits per heavy atom. The minimum atomic E-state index is -0.126. The summed E-state index contributed by atoms with van der Waals surface area (Å²) in [4.78, 5) is 12.0. The van der Waals surface area contributed by atoms with Gasteiger partial charge in [0.25, 0.3) is 0 Å². The van der Waals surface area contributed by atoms with E-state index in [0.717, 1.165) is 0 Å². The van der Waals surface area contributed by atoms with Gasteiger partial charge in [0.2, 0.25) is 0 Å². The standard InChI is InChI=1S/C15H13ClO3/c1-18-15-9-11(7-8-13(15)16)14(17)10-19-12-5-3-2-4-6-12/h2-9H,10H2,1H3. The quantitative estimate of drug-likeness (QED) is 0.783. The highest BCUT2D eigenvalue weighted by atomic mass is 35.5. The molecule has 0 heterocycles. The van der Waals surface area contributed by atoms with Crippen LogP contribution in [0.15, 0.2) is 48.5 Å². The summed E-state index contributed by atoms with van der Waals surface area (Å²) < 4.78 is 10.5. The molecule has 0 saturated carbocycles. The van der Waals surface area contributed by atoms with Crippen molar-refractivity contribution in [3.05, 3.63) is 59.1 Å². The molecule has 98 valence electrons. The van der Waals surface area contributed by atoms with Crippen molar-refractivity contribution in [2.45, 2.75) is 0 Å². The lowest BCUT2D eigenvalue weighted by molar-refractivity contribution is 0.0921. The number of ketones is 1. The third-order valence-electron chi connectivity index (χ3n) is 2.59. The molecule has 0 fully saturated rings. The van der Waals surface area contributed by atoms with Crippen LogP contribution in [0.1, 0.15) is 10.4 Å². The number of Topliss-reactive ketones (excluding diaryl/α,β-unsaturated/α-hetero) is 1. The molecule has 2 aromatic rings. The summed E-state index contributed by atoms with van der Waals surface area (Å²) in [7, 11) is 1.51. The zero-order valence-electron chi connectivity index (χ0n) is 10.4. The first-order valence-corrected chi connectivity index (χ1v) is 6.13. The van der Waals surface area contributed by atoms with Crippen LogP contribution in [0.25, 0.3) is 0 Å². The number of para-hydroxylation sites is 1. The predicted molar refractivity (Wildman–Crippen MR) is 74.3 cm³/mol. The van der Waals surface area contributed by atoms with Gasteiger partial charge in [-0.3, -0.25) is 4.79 Å². The van der Waals surface area contributed by atoms with Gasteiger partial charge in [0, 0.05) is 5.56 Å². The zero-order valence-corrected chi connectivity index (χ0v) is 11.2. The predicted octanol–water partition coefficient (Wildman–Crippen LogP) is 3.61. The van der Waals surface area contributed by atoms with Crippen molar-refractivity contribution in [2.75, 3.05) is 13.7 Å². The van der Waals surface area contributed by atoms with E-state index in [1.807, 2.05) is 18.2 Å². The largest absolute Gasteiger partial charge is 0.495 e. The van der Waals surface area contributed by atoms with Crippen LogP contribution in [0, 0.1) is 0 Å². The molecule has 4 heteroatoms. The fraction of sp³-hybridized carbons (Fsp3) is 0.133. The van der Waals surface area contributed by atoms with Gasteiger partial charge in [0.1, 0.15) is 11.5 Å². The minimum Gasteiger partial charge on any atom is -0.495 e. The lowest BCUT2D eigenvalue weighted by atomic mass is 10.1. The van der Waals surface area contributed by atoms with Crippen molar-refractivity contribution < 1.29 is 14.3 Å². The molecule has 19 heavy (non-hydrogen) atoms. The van der Waals surface area contributed by atoms with E-state index >= 15 is 0 Å². The van der Waals surface area contributed by atoms with Crippen molar-refractivity contribution in [3.8, 4) is 11.5 Å². The number of hydrogen-bond donors (Lipinski definition) is 0. The van der Waals surface area contributed by atoms with Crippen LogP contribution in [-0.4, -0.2) is 19.5 Å². The van der Waals surface area contributed by atoms with Gasteiger partial charge in [0.05, 0.1) is 12.1 Å². The summed E-state index contributed by atoms with van der Waals surface area (Å²) in [5.74, 6) is 1.02. The molecule has 0 atom stereocenters. The maximum Gasteiger partial charge on any atom is 0.200 e. The molecule has 0 aliphatic carbocycles. The van der Waals surface area contributed by atoms with Gasteiger partial charge >= 0.3 is 0 Å². The normalized spacial score (nSPS) is 10.0. The molecule has 0 amide bonds. The molecule has 0 radical (unpaired) electrons. The van der Waals surface area contributed by atoms with Gasteiger partial charge < -0.3 is 9.47 Å². The number of rotatable bonds is 5. The minimum absolute atomic E-state index is 0.0190. The molecule has 2 aromatic carbocycles. The van der Waals surface area contributed by atoms with E-state index in [1.165, 1.54) is 7.11 Å². The van der Waals surface area contributed by atoms with Crippen molar-refractivity contribution in [3.63, 3.8) is 0 Å². The highest BCUT2D eigenvalue weighted by Gasteiger charge is 2.10. The van der Waals surface area contributed by atoms with Crippen molar-refractivity contribution >= 4 is 17.4 Å². The number of carbonyl (C=O) groups excluding carboxylic acids is 1. The molecule has 3 nitrogen and oxygen atoms in total. The summed E-state index contributed by atoms with van der Waals surface area (Å²) >= 11 is 5.91. The van der Waals surface area contributed by atoms with Crippen molar-refractivity contribution in [2.24, 2.45) is 0 Å². The van der Waals surface area contributed by atoms with Crippen LogP contribution in [0.3, 0.4) is 0 Å². The average Bonchev–Trinajstić information content (AvgIpc) is 2.46. The van der Waals surface area contributed by atoms with Gasteiger partial charge in [-0.25, -0.2) is 0 Å². The summed E-state index contributed by atoms with van der Waals surface area (Å²) in [6.07, 6.45) is 0. The van der Waals surface area contributed by atoms with E-state index in [9.17, 15) is 4.79 Å². The van der Waals surface area contributed by atoms with Gasteiger partial charge in [-0.1, -0.05) is 29.8 Å². The molecular formula is C15H13ClO3. The first-order chi connectivity index (χ1) is 9.20. The molecular weight excluding hydrogens is 264 g/mol. The zero-order chi connectivity index (χ0) is 13.7. The molecule has 0 saturated heterocycles. The fourth-order valence-corrected chi connectivity index (χ4v) is 1.78. The third-order valence-corrected chi connectivity index (χ3v) is 2.90.